The highest BCUT2D eigenvalue weighted by atomic mass is 32.1. The van der Waals surface area contributed by atoms with Crippen LogP contribution in [0, 0.1) is 6.92 Å². The van der Waals surface area contributed by atoms with Crippen molar-refractivity contribution >= 4 is 17.2 Å². The Bertz CT molecular complexity index is 487. The summed E-state index contributed by atoms with van der Waals surface area (Å²) >= 11 is 1.59. The van der Waals surface area contributed by atoms with Gasteiger partial charge >= 0.3 is 0 Å². The molecule has 2 heterocycles. The first-order valence-corrected chi connectivity index (χ1v) is 6.41. The van der Waals surface area contributed by atoms with Gasteiger partial charge in [0.25, 0.3) is 0 Å². The predicted octanol–water partition coefficient (Wildman–Crippen LogP) is 3.07. The van der Waals surface area contributed by atoms with Gasteiger partial charge in [0, 0.05) is 4.88 Å². The highest BCUT2D eigenvalue weighted by molar-refractivity contribution is 7.10. The summed E-state index contributed by atoms with van der Waals surface area (Å²) in [5.74, 6) is 1.68. The molecule has 0 fully saturated rings. The molecule has 1 N–H and O–H groups in total. The van der Waals surface area contributed by atoms with Gasteiger partial charge in [0.1, 0.15) is 11.5 Å². The summed E-state index contributed by atoms with van der Waals surface area (Å²) in [4.78, 5) is 12.8. The number of rotatable bonds is 4. The third-order valence-electron chi connectivity index (χ3n) is 2.48. The number of thiophene rings is 1. The molecule has 0 spiro atoms. The summed E-state index contributed by atoms with van der Waals surface area (Å²) in [5, 5.41) is 4.90. The lowest BCUT2D eigenvalue weighted by atomic mass is 10.2. The van der Waals surface area contributed by atoms with Crippen LogP contribution in [0.1, 0.15) is 29.4 Å². The Morgan fingerprint density at radius 3 is 2.88 bits per heavy atom. The van der Waals surface area contributed by atoms with Crippen LogP contribution in [-0.4, -0.2) is 5.91 Å². The number of carbonyl (C=O) groups excluding carboxylic acids is 1. The maximum Gasteiger partial charge on any atom is 0.225 e. The molecule has 2 aromatic heterocycles. The zero-order chi connectivity index (χ0) is 12.3. The molecule has 0 aliphatic rings. The SMILES string of the molecule is Cc1ccc([C@H](C)NC(=O)Cc2cccs2)o1. The normalized spacial score (nSPS) is 12.4. The Balaban J connectivity index is 1.90. The van der Waals surface area contributed by atoms with E-state index in [4.69, 9.17) is 4.42 Å². The van der Waals surface area contributed by atoms with Crippen LogP contribution in [0.5, 0.6) is 0 Å². The molecule has 3 nitrogen and oxygen atoms in total. The smallest absolute Gasteiger partial charge is 0.225 e. The first-order valence-electron chi connectivity index (χ1n) is 5.53. The lowest BCUT2D eigenvalue weighted by Gasteiger charge is -2.10. The molecule has 1 atom stereocenters. The first kappa shape index (κ1) is 11.9. The van der Waals surface area contributed by atoms with Crippen LogP contribution in [-0.2, 0) is 11.2 Å². The zero-order valence-electron chi connectivity index (χ0n) is 9.90. The maximum absolute atomic E-state index is 11.8. The molecule has 0 unspecified atom stereocenters. The average Bonchev–Trinajstić information content (AvgIpc) is 2.89. The van der Waals surface area contributed by atoms with E-state index in [0.29, 0.717) is 6.42 Å². The molecule has 1 amide bonds. The van der Waals surface area contributed by atoms with Crippen LogP contribution in [0.3, 0.4) is 0 Å². The Morgan fingerprint density at radius 1 is 1.47 bits per heavy atom. The number of hydrogen-bond acceptors (Lipinski definition) is 3. The highest BCUT2D eigenvalue weighted by Gasteiger charge is 2.13. The van der Waals surface area contributed by atoms with E-state index in [0.717, 1.165) is 16.4 Å². The number of nitrogens with one attached hydrogen (secondary N) is 1. The van der Waals surface area contributed by atoms with Crippen molar-refractivity contribution in [3.05, 3.63) is 46.0 Å². The quantitative estimate of drug-likeness (QED) is 0.904. The molecule has 4 heteroatoms. The average molecular weight is 249 g/mol. The molecule has 90 valence electrons. The molecule has 17 heavy (non-hydrogen) atoms. The van der Waals surface area contributed by atoms with Gasteiger partial charge in [0.15, 0.2) is 0 Å². The van der Waals surface area contributed by atoms with Crippen molar-refractivity contribution in [2.45, 2.75) is 26.3 Å². The van der Waals surface area contributed by atoms with Crippen LogP contribution in [0.25, 0.3) is 0 Å². The van der Waals surface area contributed by atoms with Crippen LogP contribution in [0.4, 0.5) is 0 Å². The zero-order valence-corrected chi connectivity index (χ0v) is 10.7. The molecular formula is C13H15NO2S. The molecule has 0 radical (unpaired) electrons. The van der Waals surface area contributed by atoms with E-state index in [1.54, 1.807) is 11.3 Å². The topological polar surface area (TPSA) is 42.2 Å². The van der Waals surface area contributed by atoms with Gasteiger partial charge < -0.3 is 9.73 Å². The lowest BCUT2D eigenvalue weighted by Crippen LogP contribution is -2.27. The molecule has 0 aliphatic carbocycles. The van der Waals surface area contributed by atoms with Crippen molar-refractivity contribution in [2.24, 2.45) is 0 Å². The van der Waals surface area contributed by atoms with E-state index in [9.17, 15) is 4.79 Å². The Morgan fingerprint density at radius 2 is 2.29 bits per heavy atom. The highest BCUT2D eigenvalue weighted by Crippen LogP contribution is 2.16. The van der Waals surface area contributed by atoms with E-state index in [1.807, 2.05) is 43.5 Å². The molecule has 0 saturated heterocycles. The Labute approximate surface area is 104 Å². The van der Waals surface area contributed by atoms with Gasteiger partial charge in [-0.3, -0.25) is 4.79 Å². The summed E-state index contributed by atoms with van der Waals surface area (Å²) in [7, 11) is 0. The molecule has 0 saturated carbocycles. The van der Waals surface area contributed by atoms with Gasteiger partial charge in [-0.25, -0.2) is 0 Å². The Hall–Kier alpha value is -1.55. The van der Waals surface area contributed by atoms with Crippen LogP contribution < -0.4 is 5.32 Å². The second-order valence-corrected chi connectivity index (χ2v) is 5.03. The molecule has 2 rings (SSSR count). The summed E-state index contributed by atoms with van der Waals surface area (Å²) in [6, 6.07) is 7.62. The lowest BCUT2D eigenvalue weighted by molar-refractivity contribution is -0.121. The summed E-state index contributed by atoms with van der Waals surface area (Å²) in [6.45, 7) is 3.81. The van der Waals surface area contributed by atoms with Crippen LogP contribution in [0.15, 0.2) is 34.1 Å². The van der Waals surface area contributed by atoms with Gasteiger partial charge in [-0.05, 0) is 37.4 Å². The largest absolute Gasteiger partial charge is 0.464 e. The summed E-state index contributed by atoms with van der Waals surface area (Å²) < 4.78 is 5.47. The third-order valence-corrected chi connectivity index (χ3v) is 3.36. The first-order chi connectivity index (χ1) is 8.15. The maximum atomic E-state index is 11.8. The van der Waals surface area contributed by atoms with Crippen molar-refractivity contribution in [2.75, 3.05) is 0 Å². The van der Waals surface area contributed by atoms with Crippen LogP contribution in [0.2, 0.25) is 0 Å². The van der Waals surface area contributed by atoms with Crippen molar-refractivity contribution < 1.29 is 9.21 Å². The van der Waals surface area contributed by atoms with Crippen molar-refractivity contribution in [1.29, 1.82) is 0 Å². The van der Waals surface area contributed by atoms with Gasteiger partial charge in [-0.1, -0.05) is 6.07 Å². The standard InChI is InChI=1S/C13H15NO2S/c1-9-5-6-12(16-9)10(2)14-13(15)8-11-4-3-7-17-11/h3-7,10H,8H2,1-2H3,(H,14,15)/t10-/m0/s1. The second-order valence-electron chi connectivity index (χ2n) is 3.99. The fraction of sp³-hybridized carbons (Fsp3) is 0.308. The molecule has 0 bridgehead atoms. The van der Waals surface area contributed by atoms with Crippen LogP contribution >= 0.6 is 11.3 Å². The van der Waals surface area contributed by atoms with E-state index >= 15 is 0 Å². The molecule has 2 aromatic rings. The van der Waals surface area contributed by atoms with Crippen molar-refractivity contribution in [3.63, 3.8) is 0 Å². The minimum Gasteiger partial charge on any atom is -0.464 e. The van der Waals surface area contributed by atoms with Crippen molar-refractivity contribution in [3.8, 4) is 0 Å². The number of carbonyl (C=O) groups is 1. The fourth-order valence-electron chi connectivity index (χ4n) is 1.62. The molecular weight excluding hydrogens is 234 g/mol. The van der Waals surface area contributed by atoms with Gasteiger partial charge in [-0.15, -0.1) is 11.3 Å². The minimum atomic E-state index is -0.0869. The molecule has 0 aromatic carbocycles. The minimum absolute atomic E-state index is 0.0222. The number of aryl methyl sites for hydroxylation is 1. The van der Waals surface area contributed by atoms with Crippen molar-refractivity contribution in [1.82, 2.24) is 5.32 Å². The van der Waals surface area contributed by atoms with E-state index in [-0.39, 0.29) is 11.9 Å². The summed E-state index contributed by atoms with van der Waals surface area (Å²) in [5.41, 5.74) is 0. The summed E-state index contributed by atoms with van der Waals surface area (Å²) in [6.07, 6.45) is 0.432. The van der Waals surface area contributed by atoms with Gasteiger partial charge in [0.2, 0.25) is 5.91 Å². The van der Waals surface area contributed by atoms with E-state index < -0.39 is 0 Å². The second kappa shape index (κ2) is 5.19. The predicted molar refractivity (Wildman–Crippen MR) is 68.0 cm³/mol. The third kappa shape index (κ3) is 3.20. The Kier molecular flexibility index (Phi) is 3.64. The number of hydrogen-bond donors (Lipinski definition) is 1. The van der Waals surface area contributed by atoms with Gasteiger partial charge in [-0.2, -0.15) is 0 Å². The monoisotopic (exact) mass is 249 g/mol. The van der Waals surface area contributed by atoms with E-state index in [1.165, 1.54) is 0 Å². The fourth-order valence-corrected chi connectivity index (χ4v) is 2.32. The molecule has 0 aliphatic heterocycles. The van der Waals surface area contributed by atoms with E-state index in [2.05, 4.69) is 5.32 Å². The number of amides is 1. The van der Waals surface area contributed by atoms with Gasteiger partial charge in [0.05, 0.1) is 12.5 Å². The number of furan rings is 1.